The van der Waals surface area contributed by atoms with Crippen LogP contribution in [0.3, 0.4) is 0 Å². The molecule has 2 rings (SSSR count). The van der Waals surface area contributed by atoms with E-state index in [2.05, 4.69) is 0 Å². The van der Waals surface area contributed by atoms with Gasteiger partial charge in [-0.15, -0.1) is 0 Å². The van der Waals surface area contributed by atoms with E-state index in [-0.39, 0.29) is 12.3 Å². The predicted molar refractivity (Wildman–Crippen MR) is 49.2 cm³/mol. The van der Waals surface area contributed by atoms with Crippen molar-refractivity contribution in [2.24, 2.45) is 7.05 Å². The van der Waals surface area contributed by atoms with E-state index in [0.29, 0.717) is 6.54 Å². The predicted octanol–water partition coefficient (Wildman–Crippen LogP) is -1.55. The lowest BCUT2D eigenvalue weighted by Crippen LogP contribution is -2.33. The first-order chi connectivity index (χ1) is 6.66. The quantitative estimate of drug-likeness (QED) is 0.554. The number of fused-ring (bicyclic) bond motifs is 1. The van der Waals surface area contributed by atoms with Gasteiger partial charge in [-0.1, -0.05) is 12.2 Å². The molecule has 1 aliphatic rings. The van der Waals surface area contributed by atoms with Gasteiger partial charge in [-0.05, 0) is 0 Å². The fourth-order valence-electron chi connectivity index (χ4n) is 1.63. The lowest BCUT2D eigenvalue weighted by molar-refractivity contribution is 0.223. The molecule has 1 N–H and O–H groups in total. The van der Waals surface area contributed by atoms with E-state index >= 15 is 0 Å². The average Bonchev–Trinajstić information content (AvgIpc) is 2.44. The molecule has 0 amide bonds. The standard InChI is InChI=1S/C8H11N3O3/c1-9-7(13)10-4-2-3-6(5-12)11(10)8(9)14/h2-3,6,12H,4-5H2,1H3/t6-/m0/s1. The van der Waals surface area contributed by atoms with Gasteiger partial charge in [0.1, 0.15) is 0 Å². The van der Waals surface area contributed by atoms with Crippen molar-refractivity contribution in [1.82, 2.24) is 13.9 Å². The van der Waals surface area contributed by atoms with Crippen molar-refractivity contribution in [3.05, 3.63) is 33.1 Å². The number of allylic oxidation sites excluding steroid dienone is 1. The van der Waals surface area contributed by atoms with Crippen LogP contribution >= 0.6 is 0 Å². The third kappa shape index (κ3) is 1.00. The lowest BCUT2D eigenvalue weighted by Gasteiger charge is -2.18. The van der Waals surface area contributed by atoms with Crippen molar-refractivity contribution in [2.45, 2.75) is 12.6 Å². The van der Waals surface area contributed by atoms with Crippen LogP contribution in [-0.2, 0) is 13.6 Å². The normalized spacial score (nSPS) is 19.7. The fourth-order valence-corrected chi connectivity index (χ4v) is 1.63. The maximum Gasteiger partial charge on any atom is 0.347 e. The summed E-state index contributed by atoms with van der Waals surface area (Å²) in [6.07, 6.45) is 3.49. The van der Waals surface area contributed by atoms with Gasteiger partial charge in [0.15, 0.2) is 0 Å². The summed E-state index contributed by atoms with van der Waals surface area (Å²) in [6, 6.07) is -0.426. The Bertz CT molecular complexity index is 491. The fraction of sp³-hybridized carbons (Fsp3) is 0.500. The van der Waals surface area contributed by atoms with Gasteiger partial charge in [0.25, 0.3) is 0 Å². The van der Waals surface area contributed by atoms with Gasteiger partial charge in [-0.2, -0.15) is 0 Å². The summed E-state index contributed by atoms with van der Waals surface area (Å²) >= 11 is 0. The lowest BCUT2D eigenvalue weighted by atomic mass is 10.2. The van der Waals surface area contributed by atoms with Crippen LogP contribution in [0.15, 0.2) is 21.7 Å². The molecular formula is C8H11N3O3. The van der Waals surface area contributed by atoms with Gasteiger partial charge in [0.05, 0.1) is 19.2 Å². The summed E-state index contributed by atoms with van der Waals surface area (Å²) in [4.78, 5) is 23.0. The highest BCUT2D eigenvalue weighted by molar-refractivity contribution is 4.98. The van der Waals surface area contributed by atoms with Crippen molar-refractivity contribution in [3.8, 4) is 0 Å². The van der Waals surface area contributed by atoms with Gasteiger partial charge in [0.2, 0.25) is 0 Å². The summed E-state index contributed by atoms with van der Waals surface area (Å²) in [6.45, 7) is 0.200. The second-order valence-corrected chi connectivity index (χ2v) is 3.23. The molecule has 0 spiro atoms. The Kier molecular flexibility index (Phi) is 1.92. The molecule has 6 nitrogen and oxygen atoms in total. The van der Waals surface area contributed by atoms with E-state index in [9.17, 15) is 9.59 Å². The average molecular weight is 197 g/mol. The van der Waals surface area contributed by atoms with Crippen LogP contribution in [-0.4, -0.2) is 25.6 Å². The molecule has 1 atom stereocenters. The Labute approximate surface area is 79.3 Å². The molecule has 6 heteroatoms. The van der Waals surface area contributed by atoms with Crippen LogP contribution in [0.4, 0.5) is 0 Å². The second kappa shape index (κ2) is 2.98. The molecule has 0 bridgehead atoms. The van der Waals surface area contributed by atoms with E-state index in [1.165, 1.54) is 16.4 Å². The van der Waals surface area contributed by atoms with Crippen LogP contribution in [0.2, 0.25) is 0 Å². The topological polar surface area (TPSA) is 69.2 Å². The van der Waals surface area contributed by atoms with Crippen LogP contribution in [0.1, 0.15) is 6.04 Å². The molecule has 14 heavy (non-hydrogen) atoms. The third-order valence-corrected chi connectivity index (χ3v) is 2.39. The molecule has 0 radical (unpaired) electrons. The van der Waals surface area contributed by atoms with Crippen molar-refractivity contribution < 1.29 is 5.11 Å². The molecule has 0 aromatic carbocycles. The molecule has 0 unspecified atom stereocenters. The molecule has 2 heterocycles. The summed E-state index contributed by atoms with van der Waals surface area (Å²) in [5.41, 5.74) is -0.740. The smallest absolute Gasteiger partial charge is 0.347 e. The maximum absolute atomic E-state index is 11.6. The molecule has 0 saturated heterocycles. The maximum atomic E-state index is 11.6. The Morgan fingerprint density at radius 2 is 2.21 bits per heavy atom. The van der Waals surface area contributed by atoms with Gasteiger partial charge in [-0.3, -0.25) is 0 Å². The highest BCUT2D eigenvalue weighted by Crippen LogP contribution is 2.07. The van der Waals surface area contributed by atoms with Crippen LogP contribution in [0.25, 0.3) is 0 Å². The number of aliphatic hydroxyl groups excluding tert-OH is 1. The summed E-state index contributed by atoms with van der Waals surface area (Å²) in [5.74, 6) is 0. The van der Waals surface area contributed by atoms with Crippen molar-refractivity contribution in [2.75, 3.05) is 6.61 Å². The minimum atomic E-state index is -0.426. The molecule has 1 aliphatic heterocycles. The van der Waals surface area contributed by atoms with Crippen LogP contribution < -0.4 is 11.4 Å². The van der Waals surface area contributed by atoms with Crippen LogP contribution in [0, 0.1) is 0 Å². The van der Waals surface area contributed by atoms with Gasteiger partial charge in [0, 0.05) is 7.05 Å². The van der Waals surface area contributed by atoms with E-state index in [1.54, 1.807) is 12.2 Å². The largest absolute Gasteiger partial charge is 0.394 e. The van der Waals surface area contributed by atoms with Gasteiger partial charge < -0.3 is 5.11 Å². The molecule has 0 saturated carbocycles. The minimum absolute atomic E-state index is 0.181. The highest BCUT2D eigenvalue weighted by Gasteiger charge is 2.20. The molecule has 1 aromatic heterocycles. The summed E-state index contributed by atoms with van der Waals surface area (Å²) < 4.78 is 3.64. The van der Waals surface area contributed by atoms with E-state index in [4.69, 9.17) is 5.11 Å². The molecule has 0 aliphatic carbocycles. The van der Waals surface area contributed by atoms with Crippen molar-refractivity contribution in [3.63, 3.8) is 0 Å². The van der Waals surface area contributed by atoms with Crippen molar-refractivity contribution in [1.29, 1.82) is 0 Å². The zero-order chi connectivity index (χ0) is 10.3. The monoisotopic (exact) mass is 197 g/mol. The zero-order valence-electron chi connectivity index (χ0n) is 7.75. The summed E-state index contributed by atoms with van der Waals surface area (Å²) in [5, 5.41) is 9.03. The second-order valence-electron chi connectivity index (χ2n) is 3.23. The van der Waals surface area contributed by atoms with Gasteiger partial charge in [-0.25, -0.2) is 23.5 Å². The van der Waals surface area contributed by atoms with Crippen LogP contribution in [0.5, 0.6) is 0 Å². The Morgan fingerprint density at radius 1 is 1.50 bits per heavy atom. The zero-order valence-corrected chi connectivity index (χ0v) is 7.75. The number of aliphatic hydroxyl groups is 1. The number of hydrogen-bond acceptors (Lipinski definition) is 3. The number of aromatic nitrogens is 3. The Hall–Kier alpha value is -1.56. The molecule has 0 fully saturated rings. The van der Waals surface area contributed by atoms with E-state index in [1.807, 2.05) is 0 Å². The SMILES string of the molecule is Cn1c(=O)n2n(c1=O)[C@H](CO)C=CC2. The first-order valence-electron chi connectivity index (χ1n) is 4.32. The molecular weight excluding hydrogens is 186 g/mol. The Balaban J connectivity index is 2.74. The number of rotatable bonds is 1. The number of hydrogen-bond donors (Lipinski definition) is 1. The van der Waals surface area contributed by atoms with E-state index in [0.717, 1.165) is 4.57 Å². The highest BCUT2D eigenvalue weighted by atomic mass is 16.3. The molecule has 76 valence electrons. The Morgan fingerprint density at radius 3 is 2.86 bits per heavy atom. The summed E-state index contributed by atoms with van der Waals surface area (Å²) in [7, 11) is 1.43. The first kappa shape index (κ1) is 9.01. The minimum Gasteiger partial charge on any atom is -0.394 e. The third-order valence-electron chi connectivity index (χ3n) is 2.39. The first-order valence-corrected chi connectivity index (χ1v) is 4.32. The van der Waals surface area contributed by atoms with Crippen molar-refractivity contribution >= 4 is 0 Å². The number of nitrogens with zero attached hydrogens (tertiary/aromatic N) is 3. The van der Waals surface area contributed by atoms with Gasteiger partial charge >= 0.3 is 11.4 Å². The van der Waals surface area contributed by atoms with E-state index < -0.39 is 11.7 Å². The molecule has 1 aromatic rings.